The molecule has 0 saturated heterocycles. The number of ether oxygens (including phenoxy) is 3. The van der Waals surface area contributed by atoms with Gasteiger partial charge in [0.1, 0.15) is 5.75 Å². The largest absolute Gasteiger partial charge is 0.508 e. The molecule has 4 nitrogen and oxygen atoms in total. The molecule has 3 unspecified atom stereocenters. The molecule has 2 aromatic rings. The zero-order chi connectivity index (χ0) is 25.6. The lowest BCUT2D eigenvalue weighted by Gasteiger charge is -2.23. The van der Waals surface area contributed by atoms with E-state index in [-0.39, 0.29) is 6.29 Å². The number of methoxy groups -OCH3 is 1. The molecule has 1 fully saturated rings. The van der Waals surface area contributed by atoms with Crippen molar-refractivity contribution in [1.82, 2.24) is 0 Å². The van der Waals surface area contributed by atoms with E-state index in [2.05, 4.69) is 39.8 Å². The second-order valence-electron chi connectivity index (χ2n) is 9.97. The molecule has 4 heteroatoms. The number of phenolic OH excluding ortho intramolecular Hbond substituents is 1. The summed E-state index contributed by atoms with van der Waals surface area (Å²) in [5.41, 5.74) is 2.58. The smallest absolute Gasteiger partial charge is 0.197 e. The van der Waals surface area contributed by atoms with Crippen LogP contribution in [0.4, 0.5) is 0 Å². The van der Waals surface area contributed by atoms with Crippen molar-refractivity contribution in [2.24, 2.45) is 5.92 Å². The molecule has 0 amide bonds. The molecule has 0 spiro atoms. The van der Waals surface area contributed by atoms with Gasteiger partial charge >= 0.3 is 0 Å². The van der Waals surface area contributed by atoms with Crippen molar-refractivity contribution in [3.05, 3.63) is 53.6 Å². The van der Waals surface area contributed by atoms with E-state index in [1.165, 1.54) is 43.2 Å². The molecular formula is C31H48O4. The van der Waals surface area contributed by atoms with Crippen molar-refractivity contribution in [1.29, 1.82) is 0 Å². The lowest BCUT2D eigenvalue weighted by atomic mass is 9.87. The van der Waals surface area contributed by atoms with E-state index in [4.69, 9.17) is 19.3 Å². The molecule has 2 aromatic carbocycles. The third-order valence-electron chi connectivity index (χ3n) is 7.34. The Bertz CT molecular complexity index is 826. The Morgan fingerprint density at radius 1 is 0.829 bits per heavy atom. The first-order valence-electron chi connectivity index (χ1n) is 13.6. The van der Waals surface area contributed by atoms with Gasteiger partial charge in [-0.25, -0.2) is 0 Å². The zero-order valence-electron chi connectivity index (χ0n) is 22.9. The first kappa shape index (κ1) is 29.0. The van der Waals surface area contributed by atoms with Gasteiger partial charge in [-0.05, 0) is 79.3 Å². The van der Waals surface area contributed by atoms with Crippen LogP contribution in [0.25, 0.3) is 0 Å². The number of hydrogen-bond donors (Lipinski definition) is 1. The van der Waals surface area contributed by atoms with Gasteiger partial charge in [-0.3, -0.25) is 0 Å². The van der Waals surface area contributed by atoms with Crippen LogP contribution in [0.15, 0.2) is 42.5 Å². The van der Waals surface area contributed by atoms with Gasteiger partial charge < -0.3 is 19.3 Å². The Morgan fingerprint density at radius 2 is 1.43 bits per heavy atom. The summed E-state index contributed by atoms with van der Waals surface area (Å²) in [5.74, 6) is 3.85. The normalized spacial score (nSPS) is 16.5. The summed E-state index contributed by atoms with van der Waals surface area (Å²) < 4.78 is 17.3. The summed E-state index contributed by atoms with van der Waals surface area (Å²) in [5, 5.41) is 9.01. The maximum absolute atomic E-state index is 9.01. The van der Waals surface area contributed by atoms with E-state index in [0.717, 1.165) is 43.3 Å². The maximum atomic E-state index is 9.01. The minimum atomic E-state index is -0.253. The Kier molecular flexibility index (Phi) is 13.0. The minimum absolute atomic E-state index is 0.253. The molecule has 0 aromatic heterocycles. The molecule has 1 N–H and O–H groups in total. The highest BCUT2D eigenvalue weighted by molar-refractivity contribution is 5.44. The molecular weight excluding hydrogens is 436 g/mol. The van der Waals surface area contributed by atoms with Gasteiger partial charge in [0.2, 0.25) is 0 Å². The predicted molar refractivity (Wildman–Crippen MR) is 146 cm³/mol. The first-order chi connectivity index (χ1) is 16.9. The molecule has 3 atom stereocenters. The van der Waals surface area contributed by atoms with Crippen LogP contribution in [0.3, 0.4) is 0 Å². The lowest BCUT2D eigenvalue weighted by molar-refractivity contribution is -0.0720. The Balaban J connectivity index is 0.000000328. The van der Waals surface area contributed by atoms with E-state index in [1.54, 1.807) is 19.2 Å². The number of hydrogen-bond acceptors (Lipinski definition) is 4. The molecule has 0 radical (unpaired) electrons. The van der Waals surface area contributed by atoms with Crippen molar-refractivity contribution in [3.8, 4) is 17.2 Å². The van der Waals surface area contributed by atoms with Crippen molar-refractivity contribution in [2.75, 3.05) is 13.7 Å². The van der Waals surface area contributed by atoms with Crippen molar-refractivity contribution in [2.45, 2.75) is 104 Å². The molecule has 3 rings (SSSR count). The Morgan fingerprint density at radius 3 is 2.03 bits per heavy atom. The second-order valence-corrected chi connectivity index (χ2v) is 9.97. The van der Waals surface area contributed by atoms with Crippen LogP contribution < -0.4 is 9.47 Å². The third-order valence-corrected chi connectivity index (χ3v) is 7.34. The first-order valence-corrected chi connectivity index (χ1v) is 13.6. The molecule has 0 heterocycles. The third kappa shape index (κ3) is 10.1. The molecule has 1 aliphatic rings. The highest BCUT2D eigenvalue weighted by Crippen LogP contribution is 2.33. The predicted octanol–water partition coefficient (Wildman–Crippen LogP) is 8.83. The van der Waals surface area contributed by atoms with Crippen molar-refractivity contribution in [3.63, 3.8) is 0 Å². The number of rotatable bonds is 11. The van der Waals surface area contributed by atoms with Gasteiger partial charge in [0, 0.05) is 0 Å². The Labute approximate surface area is 214 Å². The van der Waals surface area contributed by atoms with Crippen LogP contribution in [0.2, 0.25) is 0 Å². The fourth-order valence-electron chi connectivity index (χ4n) is 4.45. The van der Waals surface area contributed by atoms with E-state index in [1.807, 2.05) is 25.1 Å². The van der Waals surface area contributed by atoms with Crippen LogP contribution in [-0.2, 0) is 4.74 Å². The maximum Gasteiger partial charge on any atom is 0.197 e. The van der Waals surface area contributed by atoms with E-state index < -0.39 is 0 Å². The van der Waals surface area contributed by atoms with E-state index in [9.17, 15) is 0 Å². The standard InChI is InChI=1S/C21H34O3.C10H14O/c1-5-16(2)19-11-12-20(21(15-19)22-4)24-17(3)23-14-13-18-9-7-6-8-10-18;1-3-8(2)9-4-6-10(11)7-5-9/h11-12,15-18H,5-10,13-14H2,1-4H3;4-8,11H,3H2,1-2H3. The zero-order valence-corrected chi connectivity index (χ0v) is 22.9. The molecule has 0 bridgehead atoms. The van der Waals surface area contributed by atoms with Gasteiger partial charge in [0.25, 0.3) is 0 Å². The van der Waals surface area contributed by atoms with Gasteiger partial charge in [0.15, 0.2) is 17.8 Å². The van der Waals surface area contributed by atoms with Crippen LogP contribution in [0.5, 0.6) is 17.2 Å². The minimum Gasteiger partial charge on any atom is -0.508 e. The summed E-state index contributed by atoms with van der Waals surface area (Å²) in [6.45, 7) is 11.5. The quantitative estimate of drug-likeness (QED) is 0.324. The number of phenols is 1. The fourth-order valence-corrected chi connectivity index (χ4v) is 4.45. The summed E-state index contributed by atoms with van der Waals surface area (Å²) >= 11 is 0. The van der Waals surface area contributed by atoms with Gasteiger partial charge in [-0.1, -0.05) is 78.0 Å². The SMILES string of the molecule is CCC(C)c1ccc(O)cc1.CCC(C)c1ccc(OC(C)OCCC2CCCCC2)c(OC)c1. The highest BCUT2D eigenvalue weighted by atomic mass is 16.7. The van der Waals surface area contributed by atoms with Crippen LogP contribution in [-0.4, -0.2) is 25.1 Å². The van der Waals surface area contributed by atoms with Crippen LogP contribution >= 0.6 is 0 Å². The van der Waals surface area contributed by atoms with Crippen LogP contribution in [0.1, 0.15) is 109 Å². The summed E-state index contributed by atoms with van der Waals surface area (Å²) in [7, 11) is 1.69. The Hall–Kier alpha value is -2.20. The average molecular weight is 485 g/mol. The molecule has 1 aliphatic carbocycles. The molecule has 35 heavy (non-hydrogen) atoms. The van der Waals surface area contributed by atoms with Gasteiger partial charge in [-0.2, -0.15) is 0 Å². The van der Waals surface area contributed by atoms with Gasteiger partial charge in [0.05, 0.1) is 13.7 Å². The monoisotopic (exact) mass is 484 g/mol. The number of aromatic hydroxyl groups is 1. The summed E-state index contributed by atoms with van der Waals surface area (Å²) in [6, 6.07) is 13.6. The molecule has 0 aliphatic heterocycles. The highest BCUT2D eigenvalue weighted by Gasteiger charge is 2.15. The van der Waals surface area contributed by atoms with Crippen molar-refractivity contribution < 1.29 is 19.3 Å². The van der Waals surface area contributed by atoms with E-state index >= 15 is 0 Å². The van der Waals surface area contributed by atoms with Crippen LogP contribution in [0, 0.1) is 5.92 Å². The molecule has 196 valence electrons. The summed E-state index contributed by atoms with van der Waals surface area (Å²) in [4.78, 5) is 0. The topological polar surface area (TPSA) is 47.9 Å². The van der Waals surface area contributed by atoms with E-state index in [0.29, 0.717) is 17.6 Å². The van der Waals surface area contributed by atoms with Gasteiger partial charge in [-0.15, -0.1) is 0 Å². The lowest BCUT2D eigenvalue weighted by Crippen LogP contribution is -2.19. The molecule has 1 saturated carbocycles. The second kappa shape index (κ2) is 15.7. The summed E-state index contributed by atoms with van der Waals surface area (Å²) in [6.07, 6.45) is 10.1. The average Bonchev–Trinajstić information content (AvgIpc) is 2.89. The fraction of sp³-hybridized carbons (Fsp3) is 0.613. The number of benzene rings is 2. The van der Waals surface area contributed by atoms with Crippen molar-refractivity contribution >= 4 is 0 Å².